The minimum absolute atomic E-state index is 0.305. The molecule has 0 aliphatic carbocycles. The van der Waals surface area contributed by atoms with Gasteiger partial charge in [-0.3, -0.25) is 0 Å². The quantitative estimate of drug-likeness (QED) is 0.704. The maximum atomic E-state index is 12.1. The molecule has 0 bridgehead atoms. The van der Waals surface area contributed by atoms with Crippen LogP contribution in [0.15, 0.2) is 23.1 Å². The third kappa shape index (κ3) is 5.20. The molecule has 0 amide bonds. The van der Waals surface area contributed by atoms with E-state index in [-0.39, 0.29) is 0 Å². The van der Waals surface area contributed by atoms with Crippen LogP contribution in [0.5, 0.6) is 0 Å². The highest BCUT2D eigenvalue weighted by molar-refractivity contribution is 7.89. The zero-order valence-corrected chi connectivity index (χ0v) is 13.3. The first kappa shape index (κ1) is 17.1. The third-order valence-corrected chi connectivity index (χ3v) is 4.63. The Hall–Kier alpha value is -0.950. The number of rotatable bonds is 8. The van der Waals surface area contributed by atoms with E-state index in [1.807, 2.05) is 21.0 Å². The van der Waals surface area contributed by atoms with E-state index in [1.165, 1.54) is 0 Å². The van der Waals surface area contributed by atoms with Crippen molar-refractivity contribution < 1.29 is 8.42 Å². The molecule has 0 saturated heterocycles. The van der Waals surface area contributed by atoms with E-state index in [9.17, 15) is 8.42 Å². The Morgan fingerprint density at radius 1 is 1.25 bits per heavy atom. The van der Waals surface area contributed by atoms with Crippen LogP contribution in [0.3, 0.4) is 0 Å². The molecule has 3 N–H and O–H groups in total. The normalized spacial score (nSPS) is 12.1. The molecule has 114 valence electrons. The van der Waals surface area contributed by atoms with Crippen molar-refractivity contribution in [1.82, 2.24) is 9.62 Å². The Labute approximate surface area is 122 Å². The number of hydrogen-bond acceptors (Lipinski definition) is 4. The highest BCUT2D eigenvalue weighted by Gasteiger charge is 2.14. The first-order valence-corrected chi connectivity index (χ1v) is 8.29. The number of nitrogens with zero attached hydrogens (tertiary/aromatic N) is 1. The average molecular weight is 299 g/mol. The van der Waals surface area contributed by atoms with Crippen LogP contribution in [0, 0.1) is 6.92 Å². The van der Waals surface area contributed by atoms with Gasteiger partial charge in [0.25, 0.3) is 0 Å². The molecule has 0 fully saturated rings. The van der Waals surface area contributed by atoms with E-state index in [0.717, 1.165) is 30.5 Å². The molecule has 0 spiro atoms. The fraction of sp³-hybridized carbons (Fsp3) is 0.571. The molecule has 0 radical (unpaired) electrons. The van der Waals surface area contributed by atoms with Gasteiger partial charge in [-0.15, -0.1) is 0 Å². The molecule has 0 aromatic heterocycles. The molecule has 0 saturated carbocycles. The monoisotopic (exact) mass is 299 g/mol. The van der Waals surface area contributed by atoms with Crippen molar-refractivity contribution in [3.63, 3.8) is 0 Å². The van der Waals surface area contributed by atoms with Crippen LogP contribution in [0.1, 0.15) is 24.0 Å². The molecule has 0 unspecified atom stereocenters. The molecule has 6 heteroatoms. The minimum Gasteiger partial charge on any atom is -0.326 e. The summed E-state index contributed by atoms with van der Waals surface area (Å²) in [5.74, 6) is 0. The second-order valence-corrected chi connectivity index (χ2v) is 6.97. The highest BCUT2D eigenvalue weighted by Crippen LogP contribution is 2.15. The van der Waals surface area contributed by atoms with Gasteiger partial charge in [0, 0.05) is 13.1 Å². The Bertz CT molecular complexity index is 527. The highest BCUT2D eigenvalue weighted by atomic mass is 32.2. The second kappa shape index (κ2) is 7.73. The topological polar surface area (TPSA) is 75.4 Å². The lowest BCUT2D eigenvalue weighted by Gasteiger charge is -2.11. The second-order valence-electron chi connectivity index (χ2n) is 5.20. The van der Waals surface area contributed by atoms with Gasteiger partial charge in [0.15, 0.2) is 0 Å². The Morgan fingerprint density at radius 3 is 2.50 bits per heavy atom. The van der Waals surface area contributed by atoms with Gasteiger partial charge in [-0.05, 0) is 63.7 Å². The molecule has 0 aliphatic rings. The smallest absolute Gasteiger partial charge is 0.240 e. The first-order chi connectivity index (χ1) is 9.36. The number of aryl methyl sites for hydroxylation is 1. The fourth-order valence-corrected chi connectivity index (χ4v) is 3.07. The van der Waals surface area contributed by atoms with Gasteiger partial charge in [0.2, 0.25) is 10.0 Å². The molecule has 20 heavy (non-hydrogen) atoms. The third-order valence-electron chi connectivity index (χ3n) is 3.17. The van der Waals surface area contributed by atoms with Crippen molar-refractivity contribution in [2.45, 2.75) is 31.2 Å². The van der Waals surface area contributed by atoms with E-state index in [4.69, 9.17) is 5.73 Å². The number of nitrogens with two attached hydrogens (primary N) is 1. The standard InChI is InChI=1S/C14H25N3O2S/c1-12-10-14(7-6-13(12)11-15)20(18,19)16-8-4-5-9-17(2)3/h6-7,10,16H,4-5,8-9,11,15H2,1-3H3. The lowest BCUT2D eigenvalue weighted by molar-refractivity contribution is 0.394. The van der Waals surface area contributed by atoms with Crippen molar-refractivity contribution in [3.8, 4) is 0 Å². The van der Waals surface area contributed by atoms with E-state index in [2.05, 4.69) is 9.62 Å². The Morgan fingerprint density at radius 2 is 1.95 bits per heavy atom. The molecule has 0 heterocycles. The fourth-order valence-electron chi connectivity index (χ4n) is 1.91. The molecule has 0 aliphatic heterocycles. The lowest BCUT2D eigenvalue weighted by Crippen LogP contribution is -2.25. The summed E-state index contributed by atoms with van der Waals surface area (Å²) < 4.78 is 26.9. The minimum atomic E-state index is -3.41. The van der Waals surface area contributed by atoms with E-state index >= 15 is 0 Å². The molecular formula is C14H25N3O2S. The van der Waals surface area contributed by atoms with E-state index in [0.29, 0.717) is 18.0 Å². The summed E-state index contributed by atoms with van der Waals surface area (Å²) in [6, 6.07) is 5.05. The average Bonchev–Trinajstić information content (AvgIpc) is 2.37. The first-order valence-electron chi connectivity index (χ1n) is 6.81. The van der Waals surface area contributed by atoms with Crippen LogP contribution >= 0.6 is 0 Å². The lowest BCUT2D eigenvalue weighted by atomic mass is 10.1. The van der Waals surface area contributed by atoms with Crippen LogP contribution in [-0.2, 0) is 16.6 Å². The molecule has 5 nitrogen and oxygen atoms in total. The molecule has 1 aromatic rings. The molecule has 1 rings (SSSR count). The van der Waals surface area contributed by atoms with Crippen LogP contribution in [0.2, 0.25) is 0 Å². The van der Waals surface area contributed by atoms with Crippen LogP contribution in [0.4, 0.5) is 0 Å². The maximum Gasteiger partial charge on any atom is 0.240 e. The zero-order valence-electron chi connectivity index (χ0n) is 12.5. The predicted molar refractivity (Wildman–Crippen MR) is 82.0 cm³/mol. The predicted octanol–water partition coefficient (Wildman–Crippen LogP) is 1.07. The van der Waals surface area contributed by atoms with Gasteiger partial charge in [-0.1, -0.05) is 6.07 Å². The van der Waals surface area contributed by atoms with Gasteiger partial charge in [-0.2, -0.15) is 0 Å². The summed E-state index contributed by atoms with van der Waals surface area (Å²) in [7, 11) is 0.599. The van der Waals surface area contributed by atoms with Crippen LogP contribution in [-0.4, -0.2) is 40.5 Å². The summed E-state index contributed by atoms with van der Waals surface area (Å²) in [5, 5.41) is 0. The maximum absolute atomic E-state index is 12.1. The largest absolute Gasteiger partial charge is 0.326 e. The van der Waals surface area contributed by atoms with Gasteiger partial charge in [-0.25, -0.2) is 13.1 Å². The summed E-state index contributed by atoms with van der Waals surface area (Å²) in [6.45, 7) is 3.72. The number of benzene rings is 1. The van der Waals surface area contributed by atoms with Gasteiger partial charge in [0.1, 0.15) is 0 Å². The Kier molecular flexibility index (Phi) is 6.61. The van der Waals surface area contributed by atoms with Gasteiger partial charge in [0.05, 0.1) is 4.90 Å². The number of nitrogens with one attached hydrogen (secondary N) is 1. The van der Waals surface area contributed by atoms with Crippen molar-refractivity contribution in [2.24, 2.45) is 5.73 Å². The molecule has 0 atom stereocenters. The van der Waals surface area contributed by atoms with Gasteiger partial charge >= 0.3 is 0 Å². The zero-order chi connectivity index (χ0) is 15.2. The van der Waals surface area contributed by atoms with E-state index in [1.54, 1.807) is 18.2 Å². The van der Waals surface area contributed by atoms with Crippen molar-refractivity contribution in [1.29, 1.82) is 0 Å². The molecular weight excluding hydrogens is 274 g/mol. The SMILES string of the molecule is Cc1cc(S(=O)(=O)NCCCCN(C)C)ccc1CN. The van der Waals surface area contributed by atoms with Crippen LogP contribution in [0.25, 0.3) is 0 Å². The summed E-state index contributed by atoms with van der Waals surface area (Å²) in [4.78, 5) is 2.39. The van der Waals surface area contributed by atoms with Crippen LogP contribution < -0.4 is 10.5 Å². The van der Waals surface area contributed by atoms with Gasteiger partial charge < -0.3 is 10.6 Å². The summed E-state index contributed by atoms with van der Waals surface area (Å²) in [6.07, 6.45) is 1.80. The molecule has 1 aromatic carbocycles. The van der Waals surface area contributed by atoms with E-state index < -0.39 is 10.0 Å². The van der Waals surface area contributed by atoms with Crippen molar-refractivity contribution in [3.05, 3.63) is 29.3 Å². The number of unbranched alkanes of at least 4 members (excludes halogenated alkanes) is 1. The summed E-state index contributed by atoms with van der Waals surface area (Å²) >= 11 is 0. The van der Waals surface area contributed by atoms with Crippen molar-refractivity contribution >= 4 is 10.0 Å². The number of hydrogen-bond donors (Lipinski definition) is 2. The number of sulfonamides is 1. The summed E-state index contributed by atoms with van der Waals surface area (Å²) in [5.41, 5.74) is 7.45. The Balaban J connectivity index is 2.58. The van der Waals surface area contributed by atoms with Crippen molar-refractivity contribution in [2.75, 3.05) is 27.2 Å².